The van der Waals surface area contributed by atoms with Crippen molar-refractivity contribution < 1.29 is 14.7 Å². The van der Waals surface area contributed by atoms with Gasteiger partial charge in [-0.05, 0) is 37.8 Å². The molecule has 2 rings (SSSR count). The van der Waals surface area contributed by atoms with Crippen molar-refractivity contribution in [3.8, 4) is 0 Å². The maximum atomic E-state index is 12.5. The van der Waals surface area contributed by atoms with Crippen molar-refractivity contribution in [1.29, 1.82) is 0 Å². The lowest BCUT2D eigenvalue weighted by Crippen LogP contribution is -2.47. The molecule has 1 aromatic heterocycles. The van der Waals surface area contributed by atoms with Gasteiger partial charge in [0, 0.05) is 4.88 Å². The summed E-state index contributed by atoms with van der Waals surface area (Å²) in [6.07, 6.45) is 5.55. The molecule has 0 spiro atoms. The molecular formula is C16H23NO3S. The van der Waals surface area contributed by atoms with E-state index in [0.717, 1.165) is 38.5 Å². The summed E-state index contributed by atoms with van der Waals surface area (Å²) in [4.78, 5) is 25.4. The van der Waals surface area contributed by atoms with Crippen molar-refractivity contribution in [1.82, 2.24) is 5.32 Å². The van der Waals surface area contributed by atoms with Crippen molar-refractivity contribution in [2.24, 2.45) is 0 Å². The standard InChI is InChI=1S/C16H23NO3S/c1-3-6-12-9-13(21-11(12)2)15(20)17-16(10-14(18)19)7-4-5-8-16/h9H,3-8,10H2,1-2H3,(H,17,20)(H,18,19). The normalized spacial score (nSPS) is 16.9. The molecule has 1 amide bonds. The van der Waals surface area contributed by atoms with Crippen LogP contribution < -0.4 is 5.32 Å². The third-order valence-corrected chi connectivity index (χ3v) is 5.28. The van der Waals surface area contributed by atoms with Gasteiger partial charge in [-0.2, -0.15) is 0 Å². The number of amides is 1. The first kappa shape index (κ1) is 16.0. The minimum Gasteiger partial charge on any atom is -0.481 e. The number of nitrogens with one attached hydrogen (secondary N) is 1. The lowest BCUT2D eigenvalue weighted by molar-refractivity contribution is -0.138. The number of hydrogen-bond donors (Lipinski definition) is 2. The summed E-state index contributed by atoms with van der Waals surface area (Å²) in [5, 5.41) is 12.1. The van der Waals surface area contributed by atoms with Crippen LogP contribution in [0.2, 0.25) is 0 Å². The van der Waals surface area contributed by atoms with Crippen LogP contribution in [-0.2, 0) is 11.2 Å². The number of carbonyl (C=O) groups excluding carboxylic acids is 1. The predicted molar refractivity (Wildman–Crippen MR) is 84.0 cm³/mol. The molecule has 0 atom stereocenters. The Hall–Kier alpha value is -1.36. The van der Waals surface area contributed by atoms with Gasteiger partial charge in [-0.15, -0.1) is 11.3 Å². The Balaban J connectivity index is 2.12. The Morgan fingerprint density at radius 3 is 2.62 bits per heavy atom. The van der Waals surface area contributed by atoms with E-state index < -0.39 is 11.5 Å². The minimum atomic E-state index is -0.841. The van der Waals surface area contributed by atoms with Crippen LogP contribution in [0.15, 0.2) is 6.07 Å². The van der Waals surface area contributed by atoms with Gasteiger partial charge in [-0.1, -0.05) is 26.2 Å². The number of thiophene rings is 1. The molecule has 116 valence electrons. The molecule has 2 N–H and O–H groups in total. The lowest BCUT2D eigenvalue weighted by Gasteiger charge is -2.28. The summed E-state index contributed by atoms with van der Waals surface area (Å²) in [6.45, 7) is 4.16. The van der Waals surface area contributed by atoms with Gasteiger partial charge in [0.1, 0.15) is 0 Å². The summed E-state index contributed by atoms with van der Waals surface area (Å²) in [5.74, 6) is -0.958. The third kappa shape index (κ3) is 3.84. The van der Waals surface area contributed by atoms with E-state index in [1.807, 2.05) is 13.0 Å². The largest absolute Gasteiger partial charge is 0.481 e. The minimum absolute atomic E-state index is 0.0188. The van der Waals surface area contributed by atoms with Crippen molar-refractivity contribution in [3.05, 3.63) is 21.4 Å². The van der Waals surface area contributed by atoms with E-state index in [2.05, 4.69) is 12.2 Å². The Morgan fingerprint density at radius 2 is 2.05 bits per heavy atom. The zero-order chi connectivity index (χ0) is 15.5. The smallest absolute Gasteiger partial charge is 0.305 e. The molecule has 0 unspecified atom stereocenters. The molecule has 0 radical (unpaired) electrons. The number of hydrogen-bond acceptors (Lipinski definition) is 3. The average Bonchev–Trinajstić information content (AvgIpc) is 2.97. The van der Waals surface area contributed by atoms with Crippen LogP contribution in [0.3, 0.4) is 0 Å². The molecule has 0 aliphatic heterocycles. The van der Waals surface area contributed by atoms with E-state index >= 15 is 0 Å². The fraction of sp³-hybridized carbons (Fsp3) is 0.625. The fourth-order valence-corrected chi connectivity index (χ4v) is 4.11. The zero-order valence-electron chi connectivity index (χ0n) is 12.7. The van der Waals surface area contributed by atoms with E-state index in [1.54, 1.807) is 0 Å². The van der Waals surface area contributed by atoms with Crippen LogP contribution in [0.4, 0.5) is 0 Å². The molecule has 0 saturated heterocycles. The molecule has 1 heterocycles. The number of aliphatic carboxylic acids is 1. The van der Waals surface area contributed by atoms with E-state index in [1.165, 1.54) is 21.8 Å². The average molecular weight is 309 g/mol. The van der Waals surface area contributed by atoms with Crippen molar-refractivity contribution >= 4 is 23.2 Å². The van der Waals surface area contributed by atoms with E-state index in [0.29, 0.717) is 4.88 Å². The molecular weight excluding hydrogens is 286 g/mol. The van der Waals surface area contributed by atoms with Crippen LogP contribution in [0.25, 0.3) is 0 Å². The first-order valence-corrected chi connectivity index (χ1v) is 8.41. The molecule has 5 heteroatoms. The molecule has 1 aromatic rings. The van der Waals surface area contributed by atoms with E-state index in [4.69, 9.17) is 5.11 Å². The molecule has 0 bridgehead atoms. The van der Waals surface area contributed by atoms with Gasteiger partial charge in [-0.3, -0.25) is 9.59 Å². The maximum Gasteiger partial charge on any atom is 0.305 e. The number of aryl methyl sites for hydroxylation is 2. The van der Waals surface area contributed by atoms with Crippen molar-refractivity contribution in [2.45, 2.75) is 64.3 Å². The SMILES string of the molecule is CCCc1cc(C(=O)NC2(CC(=O)O)CCCC2)sc1C. The van der Waals surface area contributed by atoms with Gasteiger partial charge in [-0.25, -0.2) is 0 Å². The highest BCUT2D eigenvalue weighted by atomic mass is 32.1. The van der Waals surface area contributed by atoms with Crippen LogP contribution in [0.5, 0.6) is 0 Å². The first-order chi connectivity index (χ1) is 9.96. The van der Waals surface area contributed by atoms with Gasteiger partial charge in [0.25, 0.3) is 5.91 Å². The zero-order valence-corrected chi connectivity index (χ0v) is 13.5. The van der Waals surface area contributed by atoms with Gasteiger partial charge < -0.3 is 10.4 Å². The molecule has 21 heavy (non-hydrogen) atoms. The second-order valence-electron chi connectivity index (χ2n) is 5.95. The highest BCUT2D eigenvalue weighted by Gasteiger charge is 2.37. The van der Waals surface area contributed by atoms with Crippen LogP contribution in [0.1, 0.15) is 65.6 Å². The summed E-state index contributed by atoms with van der Waals surface area (Å²) in [7, 11) is 0. The highest BCUT2D eigenvalue weighted by molar-refractivity contribution is 7.14. The molecule has 1 fully saturated rings. The number of carboxylic acid groups (broad SMARTS) is 1. The van der Waals surface area contributed by atoms with Crippen molar-refractivity contribution in [3.63, 3.8) is 0 Å². The first-order valence-electron chi connectivity index (χ1n) is 7.59. The highest BCUT2D eigenvalue weighted by Crippen LogP contribution is 2.33. The Labute approximate surface area is 129 Å². The second-order valence-corrected chi connectivity index (χ2v) is 7.21. The quantitative estimate of drug-likeness (QED) is 0.845. The van der Waals surface area contributed by atoms with Gasteiger partial charge in [0.2, 0.25) is 0 Å². The molecule has 4 nitrogen and oxygen atoms in total. The third-order valence-electron chi connectivity index (χ3n) is 4.19. The van der Waals surface area contributed by atoms with Gasteiger partial charge in [0.05, 0.1) is 16.8 Å². The van der Waals surface area contributed by atoms with Crippen LogP contribution >= 0.6 is 11.3 Å². The summed E-state index contributed by atoms with van der Waals surface area (Å²) in [5.41, 5.74) is 0.678. The number of carbonyl (C=O) groups is 2. The molecule has 0 aromatic carbocycles. The van der Waals surface area contributed by atoms with Crippen LogP contribution in [-0.4, -0.2) is 22.5 Å². The van der Waals surface area contributed by atoms with Gasteiger partial charge in [0.15, 0.2) is 0 Å². The Kier molecular flexibility index (Phi) is 5.04. The van der Waals surface area contributed by atoms with Crippen LogP contribution in [0, 0.1) is 6.92 Å². The Bertz CT molecular complexity index is 530. The fourth-order valence-electron chi connectivity index (χ4n) is 3.14. The monoisotopic (exact) mass is 309 g/mol. The van der Waals surface area contributed by atoms with E-state index in [9.17, 15) is 9.59 Å². The topological polar surface area (TPSA) is 66.4 Å². The molecule has 1 saturated carbocycles. The van der Waals surface area contributed by atoms with Gasteiger partial charge >= 0.3 is 5.97 Å². The van der Waals surface area contributed by atoms with E-state index in [-0.39, 0.29) is 12.3 Å². The summed E-state index contributed by atoms with van der Waals surface area (Å²) < 4.78 is 0. The number of carboxylic acids is 1. The predicted octanol–water partition coefficient (Wildman–Crippen LogP) is 3.53. The van der Waals surface area contributed by atoms with Crippen molar-refractivity contribution in [2.75, 3.05) is 0 Å². The second kappa shape index (κ2) is 6.60. The summed E-state index contributed by atoms with van der Waals surface area (Å²) >= 11 is 1.50. The lowest BCUT2D eigenvalue weighted by atomic mass is 9.93. The Morgan fingerprint density at radius 1 is 1.38 bits per heavy atom. The molecule has 1 aliphatic carbocycles. The maximum absolute atomic E-state index is 12.5. The summed E-state index contributed by atoms with van der Waals surface area (Å²) in [6, 6.07) is 1.96. The molecule has 1 aliphatic rings. The number of rotatable bonds is 6.